The molecule has 0 atom stereocenters. The van der Waals surface area contributed by atoms with Gasteiger partial charge in [-0.2, -0.15) is 0 Å². The highest BCUT2D eigenvalue weighted by atomic mass is 16.5. The third-order valence-electron chi connectivity index (χ3n) is 2.32. The lowest BCUT2D eigenvalue weighted by molar-refractivity contribution is -0.134. The van der Waals surface area contributed by atoms with Crippen LogP contribution in [0.15, 0.2) is 24.3 Å². The molecule has 0 aromatic heterocycles. The number of ether oxygens (including phenoxy) is 2. The van der Waals surface area contributed by atoms with E-state index in [2.05, 4.69) is 5.32 Å². The number of nitrogens with one attached hydrogen (secondary N) is 1. The van der Waals surface area contributed by atoms with E-state index in [0.717, 1.165) is 0 Å². The number of esters is 2. The first-order valence-electron chi connectivity index (χ1n) is 6.25. The van der Waals surface area contributed by atoms with Crippen LogP contribution in [0.5, 0.6) is 5.75 Å². The average Bonchev–Trinajstić information content (AvgIpc) is 2.43. The van der Waals surface area contributed by atoms with Gasteiger partial charge in [-0.3, -0.25) is 9.59 Å². The van der Waals surface area contributed by atoms with E-state index in [1.807, 2.05) is 0 Å². The molecule has 0 saturated heterocycles. The number of hydrogen-bond donors (Lipinski definition) is 1. The Kier molecular flexibility index (Phi) is 6.22. The predicted octanol–water partition coefficient (Wildman–Crippen LogP) is 1.29. The maximum absolute atomic E-state index is 11.6. The van der Waals surface area contributed by atoms with Gasteiger partial charge in [-0.15, -0.1) is 0 Å². The van der Waals surface area contributed by atoms with E-state index in [1.54, 1.807) is 6.92 Å². The molecule has 1 aromatic carbocycles. The van der Waals surface area contributed by atoms with Crippen LogP contribution in [0.4, 0.5) is 0 Å². The molecule has 0 fully saturated rings. The van der Waals surface area contributed by atoms with Crippen molar-refractivity contribution in [3.63, 3.8) is 0 Å². The van der Waals surface area contributed by atoms with Crippen LogP contribution in [-0.2, 0) is 14.3 Å². The van der Waals surface area contributed by atoms with Gasteiger partial charge < -0.3 is 14.8 Å². The lowest BCUT2D eigenvalue weighted by Gasteiger charge is -2.06. The average molecular weight is 279 g/mol. The van der Waals surface area contributed by atoms with Gasteiger partial charge >= 0.3 is 11.9 Å². The summed E-state index contributed by atoms with van der Waals surface area (Å²) in [6.45, 7) is 3.46. The summed E-state index contributed by atoms with van der Waals surface area (Å²) in [6.07, 6.45) is 0.285. The second-order valence-electron chi connectivity index (χ2n) is 3.97. The molecule has 0 bridgehead atoms. The fraction of sp³-hybridized carbons (Fsp3) is 0.357. The van der Waals surface area contributed by atoms with Gasteiger partial charge in [0.05, 0.1) is 12.1 Å². The molecule has 1 amide bonds. The third kappa shape index (κ3) is 5.51. The molecule has 0 aliphatic heterocycles. The molecule has 0 unspecified atom stereocenters. The molecule has 6 heteroatoms. The van der Waals surface area contributed by atoms with Crippen LogP contribution in [0.2, 0.25) is 0 Å². The van der Waals surface area contributed by atoms with E-state index in [1.165, 1.54) is 31.2 Å². The quantitative estimate of drug-likeness (QED) is 0.482. The summed E-state index contributed by atoms with van der Waals surface area (Å²) in [5.74, 6) is -0.630. The summed E-state index contributed by atoms with van der Waals surface area (Å²) in [5.41, 5.74) is 0.351. The van der Waals surface area contributed by atoms with E-state index in [-0.39, 0.29) is 31.4 Å². The summed E-state index contributed by atoms with van der Waals surface area (Å²) < 4.78 is 9.94. The maximum atomic E-state index is 11.6. The normalized spacial score (nSPS) is 9.70. The molecule has 108 valence electrons. The van der Waals surface area contributed by atoms with Crippen LogP contribution in [0.25, 0.3) is 0 Å². The van der Waals surface area contributed by atoms with Gasteiger partial charge in [-0.1, -0.05) is 6.92 Å². The van der Waals surface area contributed by atoms with Crippen LogP contribution >= 0.6 is 0 Å². The lowest BCUT2D eigenvalue weighted by Crippen LogP contribution is -2.25. The zero-order valence-electron chi connectivity index (χ0n) is 11.5. The zero-order valence-corrected chi connectivity index (χ0v) is 11.5. The van der Waals surface area contributed by atoms with Gasteiger partial charge in [-0.05, 0) is 24.3 Å². The summed E-state index contributed by atoms with van der Waals surface area (Å²) in [5, 5.41) is 2.52. The number of benzene rings is 1. The van der Waals surface area contributed by atoms with E-state index in [0.29, 0.717) is 11.3 Å². The molecule has 1 rings (SSSR count). The van der Waals surface area contributed by atoms with Crippen LogP contribution in [0.3, 0.4) is 0 Å². The van der Waals surface area contributed by atoms with Crippen molar-refractivity contribution in [1.29, 1.82) is 0 Å². The monoisotopic (exact) mass is 279 g/mol. The fourth-order valence-electron chi connectivity index (χ4n) is 1.32. The Hall–Kier alpha value is -2.37. The summed E-state index contributed by atoms with van der Waals surface area (Å²) >= 11 is 0. The Morgan fingerprint density at radius 2 is 1.80 bits per heavy atom. The first-order chi connectivity index (χ1) is 9.52. The number of carbonyl (C=O) groups excluding carboxylic acids is 3. The molecule has 0 saturated carbocycles. The van der Waals surface area contributed by atoms with Crippen molar-refractivity contribution in [2.24, 2.45) is 0 Å². The van der Waals surface area contributed by atoms with Crippen LogP contribution in [-0.4, -0.2) is 31.0 Å². The van der Waals surface area contributed by atoms with Crippen molar-refractivity contribution >= 4 is 17.8 Å². The van der Waals surface area contributed by atoms with Crippen molar-refractivity contribution < 1.29 is 23.9 Å². The topological polar surface area (TPSA) is 81.7 Å². The number of amides is 1. The number of carbonyl (C=O) groups is 3. The van der Waals surface area contributed by atoms with Crippen molar-refractivity contribution in [3.05, 3.63) is 29.8 Å². The summed E-state index contributed by atoms with van der Waals surface area (Å²) in [7, 11) is 0. The predicted molar refractivity (Wildman–Crippen MR) is 71.3 cm³/mol. The van der Waals surface area contributed by atoms with E-state index in [4.69, 9.17) is 9.47 Å². The molecule has 20 heavy (non-hydrogen) atoms. The van der Waals surface area contributed by atoms with E-state index in [9.17, 15) is 14.4 Å². The molecule has 1 N–H and O–H groups in total. The molecule has 0 spiro atoms. The molecule has 6 nitrogen and oxygen atoms in total. The van der Waals surface area contributed by atoms with Crippen molar-refractivity contribution in [2.75, 3.05) is 13.2 Å². The van der Waals surface area contributed by atoms with Crippen LogP contribution < -0.4 is 10.1 Å². The highest BCUT2D eigenvalue weighted by Gasteiger charge is 2.08. The summed E-state index contributed by atoms with van der Waals surface area (Å²) in [4.78, 5) is 33.3. The minimum absolute atomic E-state index is 0.102. The number of rotatable bonds is 6. The maximum Gasteiger partial charge on any atom is 0.338 e. The van der Waals surface area contributed by atoms with Gasteiger partial charge in [0.1, 0.15) is 12.4 Å². The highest BCUT2D eigenvalue weighted by Crippen LogP contribution is 2.13. The minimum atomic E-state index is -0.497. The zero-order chi connectivity index (χ0) is 15.0. The lowest BCUT2D eigenvalue weighted by atomic mass is 10.2. The molecule has 0 aliphatic carbocycles. The molecule has 0 radical (unpaired) electrons. The Bertz CT molecular complexity index is 481. The Balaban J connectivity index is 2.45. The van der Waals surface area contributed by atoms with E-state index < -0.39 is 5.97 Å². The van der Waals surface area contributed by atoms with Gasteiger partial charge in [0.2, 0.25) is 5.91 Å². The van der Waals surface area contributed by atoms with Crippen LogP contribution in [0, 0.1) is 0 Å². The molecular weight excluding hydrogens is 262 g/mol. The first-order valence-corrected chi connectivity index (χ1v) is 6.25. The largest absolute Gasteiger partial charge is 0.460 e. The van der Waals surface area contributed by atoms with Gasteiger partial charge in [0, 0.05) is 13.3 Å². The third-order valence-corrected chi connectivity index (χ3v) is 2.32. The molecule has 1 aromatic rings. The fourth-order valence-corrected chi connectivity index (χ4v) is 1.32. The Morgan fingerprint density at radius 3 is 2.35 bits per heavy atom. The second kappa shape index (κ2) is 7.93. The van der Waals surface area contributed by atoms with Crippen molar-refractivity contribution in [3.8, 4) is 5.75 Å². The minimum Gasteiger partial charge on any atom is -0.460 e. The van der Waals surface area contributed by atoms with Gasteiger partial charge in [-0.25, -0.2) is 4.79 Å². The molecular formula is C14H17NO5. The van der Waals surface area contributed by atoms with Crippen LogP contribution in [0.1, 0.15) is 30.6 Å². The standard InChI is InChI=1S/C14H17NO5/c1-3-13(17)20-12-6-4-11(5-7-12)14(18)19-9-8-15-10(2)16/h4-7H,3,8-9H2,1-2H3,(H,15,16). The van der Waals surface area contributed by atoms with Crippen molar-refractivity contribution in [1.82, 2.24) is 5.32 Å². The Labute approximate surface area is 117 Å². The molecule has 0 aliphatic rings. The van der Waals surface area contributed by atoms with Gasteiger partial charge in [0.15, 0.2) is 0 Å². The smallest absolute Gasteiger partial charge is 0.338 e. The Morgan fingerprint density at radius 1 is 1.15 bits per heavy atom. The van der Waals surface area contributed by atoms with E-state index >= 15 is 0 Å². The first kappa shape index (κ1) is 15.7. The highest BCUT2D eigenvalue weighted by molar-refractivity contribution is 5.89. The molecule has 0 heterocycles. The number of hydrogen-bond acceptors (Lipinski definition) is 5. The SMILES string of the molecule is CCC(=O)Oc1ccc(C(=O)OCCNC(C)=O)cc1. The summed E-state index contributed by atoms with van der Waals surface area (Å²) in [6, 6.07) is 6.08. The second-order valence-corrected chi connectivity index (χ2v) is 3.97. The van der Waals surface area contributed by atoms with Crippen molar-refractivity contribution in [2.45, 2.75) is 20.3 Å². The van der Waals surface area contributed by atoms with Gasteiger partial charge in [0.25, 0.3) is 0 Å².